The van der Waals surface area contributed by atoms with Crippen molar-refractivity contribution in [2.24, 2.45) is 10.4 Å². The third-order valence-electron chi connectivity index (χ3n) is 4.79. The van der Waals surface area contributed by atoms with Crippen LogP contribution in [0.1, 0.15) is 40.2 Å². The minimum Gasteiger partial charge on any atom is -0.493 e. The topological polar surface area (TPSA) is 64.1 Å². The molecule has 1 rings (SSSR count). The van der Waals surface area contributed by atoms with Crippen molar-refractivity contribution in [1.29, 1.82) is 0 Å². The minimum atomic E-state index is -0.123. The van der Waals surface area contributed by atoms with Gasteiger partial charge in [-0.15, -0.1) is 24.0 Å². The van der Waals surface area contributed by atoms with Crippen LogP contribution < -0.4 is 20.1 Å². The summed E-state index contributed by atoms with van der Waals surface area (Å²) in [5, 5.41) is 6.78. The van der Waals surface area contributed by atoms with E-state index < -0.39 is 0 Å². The molecule has 0 radical (unpaired) electrons. The van der Waals surface area contributed by atoms with Crippen molar-refractivity contribution in [3.05, 3.63) is 23.8 Å². The van der Waals surface area contributed by atoms with Crippen LogP contribution in [0.25, 0.3) is 0 Å². The molecule has 0 spiro atoms. The molecule has 162 valence electrons. The monoisotopic (exact) mass is 507 g/mol. The van der Waals surface area contributed by atoms with Gasteiger partial charge in [-0.1, -0.05) is 40.7 Å². The first-order chi connectivity index (χ1) is 12.6. The molecule has 0 saturated heterocycles. The zero-order valence-electron chi connectivity index (χ0n) is 18.8. The number of halogens is 1. The fourth-order valence-corrected chi connectivity index (χ4v) is 2.82. The van der Waals surface area contributed by atoms with E-state index >= 15 is 0 Å². The number of benzene rings is 1. The van der Waals surface area contributed by atoms with Crippen LogP contribution in [0.3, 0.4) is 0 Å². The molecule has 0 aliphatic rings. The highest BCUT2D eigenvalue weighted by molar-refractivity contribution is 14.0. The van der Waals surface area contributed by atoms with E-state index in [4.69, 9.17) is 14.2 Å². The molecule has 0 bridgehead atoms. The van der Waals surface area contributed by atoms with Gasteiger partial charge < -0.3 is 24.8 Å². The zero-order chi connectivity index (χ0) is 20.7. The lowest BCUT2D eigenvalue weighted by Gasteiger charge is -2.31. The lowest BCUT2D eigenvalue weighted by atomic mass is 9.84. The van der Waals surface area contributed by atoms with Crippen molar-refractivity contribution in [3.63, 3.8) is 0 Å². The number of rotatable bonds is 8. The molecule has 1 aromatic rings. The van der Waals surface area contributed by atoms with Gasteiger partial charge in [0.15, 0.2) is 17.5 Å². The summed E-state index contributed by atoms with van der Waals surface area (Å²) < 4.78 is 16.4. The first-order valence-electron chi connectivity index (χ1n) is 9.29. The molecule has 7 heteroatoms. The van der Waals surface area contributed by atoms with Crippen molar-refractivity contribution < 1.29 is 14.2 Å². The Balaban J connectivity index is 0.00000729. The summed E-state index contributed by atoms with van der Waals surface area (Å²) in [6.45, 7) is 12.3. The molecule has 1 atom stereocenters. The number of hydrogen-bond donors (Lipinski definition) is 2. The predicted octanol–water partition coefficient (Wildman–Crippen LogP) is 3.83. The van der Waals surface area contributed by atoms with Gasteiger partial charge in [-0.3, -0.25) is 4.99 Å². The lowest BCUT2D eigenvalue weighted by molar-refractivity contribution is 0.0205. The molecule has 0 amide bonds. The van der Waals surface area contributed by atoms with Crippen LogP contribution >= 0.6 is 24.0 Å². The van der Waals surface area contributed by atoms with E-state index in [-0.39, 0.29) is 40.9 Å². The fraction of sp³-hybridized carbons (Fsp3) is 0.667. The second-order valence-corrected chi connectivity index (χ2v) is 8.35. The van der Waals surface area contributed by atoms with Gasteiger partial charge in [0.25, 0.3) is 0 Å². The quantitative estimate of drug-likeness (QED) is 0.318. The molecule has 6 nitrogen and oxygen atoms in total. The van der Waals surface area contributed by atoms with Crippen LogP contribution in [0.15, 0.2) is 23.2 Å². The molecular weight excluding hydrogens is 469 g/mol. The highest BCUT2D eigenvalue weighted by Gasteiger charge is 2.25. The Morgan fingerprint density at radius 1 is 1.00 bits per heavy atom. The molecule has 0 heterocycles. The van der Waals surface area contributed by atoms with Crippen LogP contribution in [0.2, 0.25) is 0 Å². The highest BCUT2D eigenvalue weighted by atomic mass is 127. The number of hydrogen-bond acceptors (Lipinski definition) is 4. The maximum atomic E-state index is 5.60. The third kappa shape index (κ3) is 7.66. The van der Waals surface area contributed by atoms with Crippen molar-refractivity contribution in [1.82, 2.24) is 10.6 Å². The van der Waals surface area contributed by atoms with E-state index in [1.54, 1.807) is 28.4 Å². The maximum absolute atomic E-state index is 5.60. The summed E-state index contributed by atoms with van der Waals surface area (Å²) in [4.78, 5) is 4.33. The molecular formula is C21H38IN3O3. The standard InChI is InChI=1S/C21H37N3O3.HI/c1-20(2,3)18(27-9)13-23-19(22-6)24-14-21(4,5)15-10-11-16(25-7)17(12-15)26-8;/h10-12,18H,13-14H2,1-9H3,(H2,22,23,24);1H. The van der Waals surface area contributed by atoms with E-state index in [1.165, 1.54) is 0 Å². The minimum absolute atomic E-state index is 0. The first-order valence-corrected chi connectivity index (χ1v) is 9.29. The first kappa shape index (κ1) is 26.8. The highest BCUT2D eigenvalue weighted by Crippen LogP contribution is 2.32. The molecule has 1 aromatic carbocycles. The number of ether oxygens (including phenoxy) is 3. The van der Waals surface area contributed by atoms with Gasteiger partial charge in [-0.2, -0.15) is 0 Å². The van der Waals surface area contributed by atoms with Gasteiger partial charge in [0.2, 0.25) is 0 Å². The van der Waals surface area contributed by atoms with Crippen molar-refractivity contribution in [2.45, 2.75) is 46.1 Å². The van der Waals surface area contributed by atoms with Crippen molar-refractivity contribution >= 4 is 29.9 Å². The summed E-state index contributed by atoms with van der Waals surface area (Å²) in [5.41, 5.74) is 1.09. The summed E-state index contributed by atoms with van der Waals surface area (Å²) in [7, 11) is 6.82. The van der Waals surface area contributed by atoms with Gasteiger partial charge in [-0.25, -0.2) is 0 Å². The van der Waals surface area contributed by atoms with E-state index in [0.29, 0.717) is 6.54 Å². The Morgan fingerprint density at radius 3 is 2.07 bits per heavy atom. The van der Waals surface area contributed by atoms with Gasteiger partial charge >= 0.3 is 0 Å². The van der Waals surface area contributed by atoms with Crippen LogP contribution in [0, 0.1) is 5.41 Å². The van der Waals surface area contributed by atoms with E-state index in [9.17, 15) is 0 Å². The Labute approximate surface area is 187 Å². The smallest absolute Gasteiger partial charge is 0.191 e. The van der Waals surface area contributed by atoms with Crippen LogP contribution in [0.5, 0.6) is 11.5 Å². The van der Waals surface area contributed by atoms with Crippen LogP contribution in [-0.2, 0) is 10.2 Å². The summed E-state index contributed by atoms with van der Waals surface area (Å²) in [6.07, 6.45) is 0.0925. The predicted molar refractivity (Wildman–Crippen MR) is 128 cm³/mol. The van der Waals surface area contributed by atoms with E-state index in [2.05, 4.69) is 56.3 Å². The Hall–Kier alpha value is -1.22. The van der Waals surface area contributed by atoms with Gasteiger partial charge in [0.1, 0.15) is 0 Å². The van der Waals surface area contributed by atoms with Crippen molar-refractivity contribution in [3.8, 4) is 11.5 Å². The average Bonchev–Trinajstić information content (AvgIpc) is 2.62. The van der Waals surface area contributed by atoms with Crippen LogP contribution in [-0.4, -0.2) is 53.5 Å². The number of nitrogens with zero attached hydrogens (tertiary/aromatic N) is 1. The van der Waals surface area contributed by atoms with Crippen molar-refractivity contribution in [2.75, 3.05) is 41.5 Å². The van der Waals surface area contributed by atoms with Gasteiger partial charge in [-0.05, 0) is 23.1 Å². The number of guanidine groups is 1. The normalized spacial score (nSPS) is 13.4. The van der Waals surface area contributed by atoms with E-state index in [1.807, 2.05) is 12.1 Å². The number of nitrogens with one attached hydrogen (secondary N) is 2. The number of methoxy groups -OCH3 is 3. The SMILES string of the molecule is CN=C(NCC(OC)C(C)(C)C)NCC(C)(C)c1ccc(OC)c(OC)c1.I. The van der Waals surface area contributed by atoms with Crippen LogP contribution in [0.4, 0.5) is 0 Å². The fourth-order valence-electron chi connectivity index (χ4n) is 2.82. The lowest BCUT2D eigenvalue weighted by Crippen LogP contribution is -2.47. The second kappa shape index (κ2) is 11.7. The molecule has 2 N–H and O–H groups in total. The Kier molecular flexibility index (Phi) is 11.2. The molecule has 0 saturated carbocycles. The molecule has 0 aliphatic carbocycles. The maximum Gasteiger partial charge on any atom is 0.191 e. The number of aliphatic imine (C=N–C) groups is 1. The molecule has 28 heavy (non-hydrogen) atoms. The third-order valence-corrected chi connectivity index (χ3v) is 4.79. The zero-order valence-corrected chi connectivity index (χ0v) is 21.1. The molecule has 0 fully saturated rings. The summed E-state index contributed by atoms with van der Waals surface area (Å²) in [5.74, 6) is 2.23. The summed E-state index contributed by atoms with van der Waals surface area (Å²) >= 11 is 0. The Morgan fingerprint density at radius 2 is 1.61 bits per heavy atom. The summed E-state index contributed by atoms with van der Waals surface area (Å²) in [6, 6.07) is 6.03. The van der Waals surface area contributed by atoms with E-state index in [0.717, 1.165) is 29.6 Å². The van der Waals surface area contributed by atoms with Gasteiger partial charge in [0.05, 0.1) is 20.3 Å². The molecule has 0 aromatic heterocycles. The molecule has 1 unspecified atom stereocenters. The largest absolute Gasteiger partial charge is 0.493 e. The molecule has 0 aliphatic heterocycles. The second-order valence-electron chi connectivity index (χ2n) is 8.35. The van der Waals surface area contributed by atoms with Gasteiger partial charge in [0, 0.05) is 32.7 Å². The average molecular weight is 507 g/mol. The Bertz CT molecular complexity index is 628.